The van der Waals surface area contributed by atoms with Gasteiger partial charge in [-0.15, -0.1) is 0 Å². The van der Waals surface area contributed by atoms with Gasteiger partial charge in [-0.25, -0.2) is 4.98 Å². The Labute approximate surface area is 227 Å². The van der Waals surface area contributed by atoms with Crippen molar-refractivity contribution in [2.24, 2.45) is 0 Å². The molecule has 1 fully saturated rings. The topological polar surface area (TPSA) is 104 Å². The second kappa shape index (κ2) is 12.3. The molecule has 38 heavy (non-hydrogen) atoms. The van der Waals surface area contributed by atoms with Crippen molar-refractivity contribution < 1.29 is 14.3 Å². The van der Waals surface area contributed by atoms with E-state index in [0.29, 0.717) is 41.3 Å². The third kappa shape index (κ3) is 6.27. The SMILES string of the molecule is CCN1CCNC(=O)c2ccc(Nc3ncc(Cl)c(Nc4ccccc4OCCN4CCOCC4)n3)cc21. The summed E-state index contributed by atoms with van der Waals surface area (Å²) in [5.74, 6) is 1.48. The molecule has 5 rings (SSSR count). The molecule has 0 spiro atoms. The largest absolute Gasteiger partial charge is 0.490 e. The molecular formula is C27H32ClN7O3. The fourth-order valence-corrected chi connectivity index (χ4v) is 4.63. The molecular weight excluding hydrogens is 506 g/mol. The Hall–Kier alpha value is -3.60. The highest BCUT2D eigenvalue weighted by Crippen LogP contribution is 2.32. The van der Waals surface area contributed by atoms with Gasteiger partial charge in [0.05, 0.1) is 36.3 Å². The van der Waals surface area contributed by atoms with Crippen LogP contribution in [0.2, 0.25) is 5.02 Å². The van der Waals surface area contributed by atoms with E-state index >= 15 is 0 Å². The minimum absolute atomic E-state index is 0.0671. The maximum absolute atomic E-state index is 12.4. The van der Waals surface area contributed by atoms with E-state index in [1.165, 1.54) is 0 Å². The minimum Gasteiger partial charge on any atom is -0.490 e. The van der Waals surface area contributed by atoms with Crippen molar-refractivity contribution in [3.8, 4) is 5.75 Å². The van der Waals surface area contributed by atoms with Gasteiger partial charge >= 0.3 is 0 Å². The standard InChI is InChI=1S/C27H32ClN7O3/c1-2-35-10-9-29-26(36)20-8-7-19(17-23(20)35)31-27-30-18-21(28)25(33-27)32-22-5-3-4-6-24(22)38-16-13-34-11-14-37-15-12-34/h3-8,17-18H,2,9-16H2,1H3,(H,29,36)(H2,30,31,32,33). The molecule has 2 aliphatic heterocycles. The summed E-state index contributed by atoms with van der Waals surface area (Å²) in [6.07, 6.45) is 1.55. The number of halogens is 1. The first kappa shape index (κ1) is 26.0. The average Bonchev–Trinajstić information content (AvgIpc) is 3.10. The molecule has 1 aromatic heterocycles. The lowest BCUT2D eigenvalue weighted by atomic mass is 10.1. The normalized spacial score (nSPS) is 15.8. The Kier molecular flexibility index (Phi) is 8.42. The molecule has 2 aromatic carbocycles. The number of benzene rings is 2. The van der Waals surface area contributed by atoms with Crippen LogP contribution in [0.15, 0.2) is 48.7 Å². The Morgan fingerprint density at radius 1 is 1.13 bits per heavy atom. The van der Waals surface area contributed by atoms with Crippen LogP contribution in [0.4, 0.5) is 28.8 Å². The summed E-state index contributed by atoms with van der Waals surface area (Å²) in [7, 11) is 0. The summed E-state index contributed by atoms with van der Waals surface area (Å²) < 4.78 is 11.5. The number of morpholine rings is 1. The number of likely N-dealkylation sites (N-methyl/N-ethyl adjacent to an activating group) is 1. The highest BCUT2D eigenvalue weighted by atomic mass is 35.5. The number of fused-ring (bicyclic) bond motifs is 1. The van der Waals surface area contributed by atoms with Gasteiger partial charge in [-0.3, -0.25) is 9.69 Å². The molecule has 11 heteroatoms. The minimum atomic E-state index is -0.0671. The summed E-state index contributed by atoms with van der Waals surface area (Å²) in [5.41, 5.74) is 3.06. The zero-order valence-electron chi connectivity index (χ0n) is 21.4. The number of para-hydroxylation sites is 2. The molecule has 200 valence electrons. The van der Waals surface area contributed by atoms with E-state index in [-0.39, 0.29) is 5.91 Å². The average molecular weight is 538 g/mol. The first-order chi connectivity index (χ1) is 18.6. The van der Waals surface area contributed by atoms with Crippen molar-refractivity contribution in [2.45, 2.75) is 6.92 Å². The van der Waals surface area contributed by atoms with Crippen LogP contribution in [0.1, 0.15) is 17.3 Å². The third-order valence-corrected chi connectivity index (χ3v) is 6.82. The fraction of sp³-hybridized carbons (Fsp3) is 0.370. The van der Waals surface area contributed by atoms with Gasteiger partial charge in [0.25, 0.3) is 5.91 Å². The summed E-state index contributed by atoms with van der Waals surface area (Å²) in [5, 5.41) is 9.86. The molecule has 3 aromatic rings. The lowest BCUT2D eigenvalue weighted by Crippen LogP contribution is -2.38. The molecule has 0 unspecified atom stereocenters. The van der Waals surface area contributed by atoms with Crippen LogP contribution < -0.4 is 25.6 Å². The summed E-state index contributed by atoms with van der Waals surface area (Å²) >= 11 is 6.45. The number of hydrogen-bond acceptors (Lipinski definition) is 9. The van der Waals surface area contributed by atoms with E-state index in [2.05, 4.69) is 42.6 Å². The van der Waals surface area contributed by atoms with Crippen LogP contribution in [0.5, 0.6) is 5.75 Å². The molecule has 10 nitrogen and oxygen atoms in total. The zero-order chi connectivity index (χ0) is 26.3. The van der Waals surface area contributed by atoms with Crippen molar-refractivity contribution >= 4 is 46.3 Å². The number of rotatable bonds is 9. The highest BCUT2D eigenvalue weighted by molar-refractivity contribution is 6.33. The second-order valence-corrected chi connectivity index (χ2v) is 9.41. The van der Waals surface area contributed by atoms with Crippen LogP contribution in [0, 0.1) is 0 Å². The molecule has 0 bridgehead atoms. The molecule has 0 radical (unpaired) electrons. The first-order valence-electron chi connectivity index (χ1n) is 12.9. The molecule has 3 N–H and O–H groups in total. The Bertz CT molecular complexity index is 1270. The maximum atomic E-state index is 12.4. The predicted octanol–water partition coefficient (Wildman–Crippen LogP) is 3.90. The van der Waals surface area contributed by atoms with Crippen molar-refractivity contribution in [1.29, 1.82) is 0 Å². The summed E-state index contributed by atoms with van der Waals surface area (Å²) in [6.45, 7) is 8.99. The number of carbonyl (C=O) groups is 1. The Morgan fingerprint density at radius 2 is 1.97 bits per heavy atom. The number of aromatic nitrogens is 2. The number of hydrogen-bond donors (Lipinski definition) is 3. The van der Waals surface area contributed by atoms with Gasteiger partial charge in [0.2, 0.25) is 5.95 Å². The van der Waals surface area contributed by atoms with Crippen LogP contribution in [-0.4, -0.2) is 79.9 Å². The summed E-state index contributed by atoms with van der Waals surface area (Å²) in [6, 6.07) is 13.3. The Balaban J connectivity index is 1.29. The van der Waals surface area contributed by atoms with Gasteiger partial charge in [-0.05, 0) is 37.3 Å². The third-order valence-electron chi connectivity index (χ3n) is 6.54. The Morgan fingerprint density at radius 3 is 2.82 bits per heavy atom. The van der Waals surface area contributed by atoms with Crippen molar-refractivity contribution in [1.82, 2.24) is 20.2 Å². The number of nitrogens with zero attached hydrogens (tertiary/aromatic N) is 4. The van der Waals surface area contributed by atoms with Gasteiger partial charge in [0, 0.05) is 45.0 Å². The molecule has 3 heterocycles. The van der Waals surface area contributed by atoms with E-state index < -0.39 is 0 Å². The van der Waals surface area contributed by atoms with Gasteiger partial charge in [0.15, 0.2) is 5.82 Å². The molecule has 2 aliphatic rings. The van der Waals surface area contributed by atoms with E-state index in [1.54, 1.807) is 6.20 Å². The number of carbonyl (C=O) groups excluding carboxylic acids is 1. The van der Waals surface area contributed by atoms with E-state index in [0.717, 1.165) is 63.0 Å². The van der Waals surface area contributed by atoms with E-state index in [1.807, 2.05) is 42.5 Å². The van der Waals surface area contributed by atoms with Gasteiger partial charge in [-0.1, -0.05) is 23.7 Å². The van der Waals surface area contributed by atoms with Crippen LogP contribution in [0.3, 0.4) is 0 Å². The monoisotopic (exact) mass is 537 g/mol. The van der Waals surface area contributed by atoms with Gasteiger partial charge < -0.3 is 30.3 Å². The zero-order valence-corrected chi connectivity index (χ0v) is 22.1. The van der Waals surface area contributed by atoms with E-state index in [9.17, 15) is 4.79 Å². The van der Waals surface area contributed by atoms with Gasteiger partial charge in [0.1, 0.15) is 17.4 Å². The van der Waals surface area contributed by atoms with Crippen molar-refractivity contribution in [2.75, 3.05) is 74.6 Å². The van der Waals surface area contributed by atoms with Crippen LogP contribution >= 0.6 is 11.6 Å². The maximum Gasteiger partial charge on any atom is 0.253 e. The first-order valence-corrected chi connectivity index (χ1v) is 13.2. The van der Waals surface area contributed by atoms with Crippen LogP contribution in [-0.2, 0) is 4.74 Å². The molecule has 0 saturated carbocycles. The number of amides is 1. The molecule has 1 saturated heterocycles. The molecule has 1 amide bonds. The predicted molar refractivity (Wildman–Crippen MR) is 149 cm³/mol. The smallest absolute Gasteiger partial charge is 0.253 e. The second-order valence-electron chi connectivity index (χ2n) is 9.01. The van der Waals surface area contributed by atoms with Crippen LogP contribution in [0.25, 0.3) is 0 Å². The number of nitrogens with one attached hydrogen (secondary N) is 3. The van der Waals surface area contributed by atoms with Gasteiger partial charge in [-0.2, -0.15) is 4.98 Å². The molecule has 0 aliphatic carbocycles. The summed E-state index contributed by atoms with van der Waals surface area (Å²) in [4.78, 5) is 25.9. The molecule has 0 atom stereocenters. The number of anilines is 5. The lowest BCUT2D eigenvalue weighted by molar-refractivity contribution is 0.0323. The van der Waals surface area contributed by atoms with Crippen molar-refractivity contribution in [3.05, 3.63) is 59.2 Å². The van der Waals surface area contributed by atoms with E-state index in [4.69, 9.17) is 21.1 Å². The fourth-order valence-electron chi connectivity index (χ4n) is 4.49. The van der Waals surface area contributed by atoms with Crippen molar-refractivity contribution in [3.63, 3.8) is 0 Å². The highest BCUT2D eigenvalue weighted by Gasteiger charge is 2.20. The number of ether oxygens (including phenoxy) is 2. The lowest BCUT2D eigenvalue weighted by Gasteiger charge is -2.26. The quantitative estimate of drug-likeness (QED) is 0.375.